The van der Waals surface area contributed by atoms with Crippen LogP contribution in [0.15, 0.2) is 29.2 Å². The van der Waals surface area contributed by atoms with E-state index in [1.54, 1.807) is 5.56 Å². The summed E-state index contributed by atoms with van der Waals surface area (Å²) in [5.41, 5.74) is 1.61. The first-order chi connectivity index (χ1) is 9.28. The van der Waals surface area contributed by atoms with Gasteiger partial charge in [-0.2, -0.15) is 0 Å². The first-order valence-electron chi connectivity index (χ1n) is 7.67. The van der Waals surface area contributed by atoms with Gasteiger partial charge in [0, 0.05) is 16.7 Å². The largest absolute Gasteiger partial charge is 0.317 e. The minimum Gasteiger partial charge on any atom is -0.317 e. The van der Waals surface area contributed by atoms with Crippen LogP contribution in [-0.2, 0) is 0 Å². The highest BCUT2D eigenvalue weighted by molar-refractivity contribution is 7.99. The zero-order valence-electron chi connectivity index (χ0n) is 12.1. The van der Waals surface area contributed by atoms with E-state index < -0.39 is 0 Å². The van der Waals surface area contributed by atoms with E-state index in [0.717, 1.165) is 23.8 Å². The molecule has 1 N–H and O–H groups in total. The topological polar surface area (TPSA) is 12.0 Å². The average molecular weight is 275 g/mol. The van der Waals surface area contributed by atoms with Crippen molar-refractivity contribution in [2.45, 2.75) is 49.5 Å². The van der Waals surface area contributed by atoms with Crippen molar-refractivity contribution in [2.75, 3.05) is 12.8 Å². The highest BCUT2D eigenvalue weighted by Crippen LogP contribution is 2.44. The molecular formula is C17H25NS. The summed E-state index contributed by atoms with van der Waals surface area (Å²) in [5.74, 6) is 3.86. The van der Waals surface area contributed by atoms with Crippen molar-refractivity contribution in [2.24, 2.45) is 11.8 Å². The van der Waals surface area contributed by atoms with Crippen molar-refractivity contribution in [1.82, 2.24) is 5.32 Å². The van der Waals surface area contributed by atoms with Crippen molar-refractivity contribution in [3.05, 3.63) is 29.8 Å². The lowest BCUT2D eigenvalue weighted by Crippen LogP contribution is -2.39. The number of hydrogen-bond acceptors (Lipinski definition) is 2. The molecule has 1 aliphatic heterocycles. The average Bonchev–Trinajstić information content (AvgIpc) is 2.83. The van der Waals surface area contributed by atoms with Crippen LogP contribution < -0.4 is 5.32 Å². The second-order valence-corrected chi connectivity index (χ2v) is 7.42. The number of fused-ring (bicyclic) bond motifs is 1. The predicted octanol–water partition coefficient (Wildman–Crippen LogP) is 4.29. The van der Waals surface area contributed by atoms with Gasteiger partial charge in [0.1, 0.15) is 0 Å². The molecule has 1 fully saturated rings. The molecule has 4 unspecified atom stereocenters. The maximum absolute atomic E-state index is 3.57. The third-order valence-electron chi connectivity index (χ3n) is 5.00. The highest BCUT2D eigenvalue weighted by atomic mass is 32.2. The fraction of sp³-hybridized carbons (Fsp3) is 0.647. The third kappa shape index (κ3) is 2.85. The van der Waals surface area contributed by atoms with Gasteiger partial charge in [-0.05, 0) is 62.1 Å². The van der Waals surface area contributed by atoms with Crippen molar-refractivity contribution in [3.63, 3.8) is 0 Å². The molecule has 1 heterocycles. The van der Waals surface area contributed by atoms with Crippen LogP contribution in [0.4, 0.5) is 0 Å². The first-order valence-corrected chi connectivity index (χ1v) is 8.65. The lowest BCUT2D eigenvalue weighted by molar-refractivity contribution is 0.203. The van der Waals surface area contributed by atoms with Crippen LogP contribution in [0.2, 0.25) is 0 Å². The summed E-state index contributed by atoms with van der Waals surface area (Å²) < 4.78 is 0. The Morgan fingerprint density at radius 2 is 2.11 bits per heavy atom. The first kappa shape index (κ1) is 13.5. The molecular weight excluding hydrogens is 250 g/mol. The predicted molar refractivity (Wildman–Crippen MR) is 83.9 cm³/mol. The van der Waals surface area contributed by atoms with E-state index in [1.165, 1.54) is 36.3 Å². The summed E-state index contributed by atoms with van der Waals surface area (Å²) in [6, 6.07) is 9.76. The number of benzene rings is 1. The van der Waals surface area contributed by atoms with E-state index in [0.29, 0.717) is 0 Å². The molecule has 0 aromatic heterocycles. The zero-order chi connectivity index (χ0) is 13.2. The Bertz CT molecular complexity index is 431. The molecule has 1 aromatic carbocycles. The van der Waals surface area contributed by atoms with Gasteiger partial charge in [0.2, 0.25) is 0 Å². The lowest BCUT2D eigenvalue weighted by atomic mass is 9.74. The van der Waals surface area contributed by atoms with Crippen LogP contribution in [0.25, 0.3) is 0 Å². The van der Waals surface area contributed by atoms with Gasteiger partial charge in [0.05, 0.1) is 0 Å². The van der Waals surface area contributed by atoms with Gasteiger partial charge >= 0.3 is 0 Å². The molecule has 0 radical (unpaired) electrons. The van der Waals surface area contributed by atoms with Gasteiger partial charge in [-0.15, -0.1) is 11.8 Å². The maximum atomic E-state index is 3.57. The van der Waals surface area contributed by atoms with Gasteiger partial charge in [-0.25, -0.2) is 0 Å². The minimum absolute atomic E-state index is 0.744. The number of rotatable bonds is 3. The summed E-state index contributed by atoms with van der Waals surface area (Å²) >= 11 is 2.05. The van der Waals surface area contributed by atoms with Crippen LogP contribution >= 0.6 is 11.8 Å². The molecule has 0 amide bonds. The Hall–Kier alpha value is -0.470. The molecule has 0 bridgehead atoms. The second kappa shape index (κ2) is 5.88. The van der Waals surface area contributed by atoms with Gasteiger partial charge in [0.15, 0.2) is 0 Å². The van der Waals surface area contributed by atoms with Crippen LogP contribution in [-0.4, -0.2) is 18.8 Å². The smallest absolute Gasteiger partial charge is 0.0107 e. The van der Waals surface area contributed by atoms with Crippen molar-refractivity contribution in [3.8, 4) is 0 Å². The van der Waals surface area contributed by atoms with E-state index in [-0.39, 0.29) is 0 Å². The zero-order valence-corrected chi connectivity index (χ0v) is 12.9. The number of thioether (sulfide) groups is 1. The summed E-state index contributed by atoms with van der Waals surface area (Å²) in [7, 11) is 2.14. The van der Waals surface area contributed by atoms with Crippen molar-refractivity contribution < 1.29 is 0 Å². The van der Waals surface area contributed by atoms with Crippen molar-refractivity contribution in [1.29, 1.82) is 0 Å². The third-order valence-corrected chi connectivity index (χ3v) is 6.25. The lowest BCUT2D eigenvalue weighted by Gasteiger charge is -2.36. The normalized spacial score (nSPS) is 34.2. The number of hydrogen-bond donors (Lipinski definition) is 1. The molecule has 104 valence electrons. The van der Waals surface area contributed by atoms with Gasteiger partial charge in [-0.1, -0.05) is 25.1 Å². The molecule has 1 aromatic rings. The van der Waals surface area contributed by atoms with Gasteiger partial charge < -0.3 is 5.32 Å². The van der Waals surface area contributed by atoms with E-state index in [9.17, 15) is 0 Å². The molecule has 3 rings (SSSR count). The summed E-state index contributed by atoms with van der Waals surface area (Å²) in [4.78, 5) is 1.53. The Kier molecular flexibility index (Phi) is 4.18. The monoisotopic (exact) mass is 275 g/mol. The molecule has 2 heteroatoms. The number of nitrogens with one attached hydrogen (secondary N) is 1. The van der Waals surface area contributed by atoms with Crippen LogP contribution in [0.1, 0.15) is 44.1 Å². The molecule has 0 spiro atoms. The molecule has 2 aliphatic rings. The minimum atomic E-state index is 0.744. The molecule has 1 nitrogen and oxygen atoms in total. The van der Waals surface area contributed by atoms with E-state index in [1.807, 2.05) is 0 Å². The Morgan fingerprint density at radius 1 is 1.26 bits per heavy atom. The maximum Gasteiger partial charge on any atom is 0.0107 e. The Labute approximate surface area is 121 Å². The molecule has 1 saturated carbocycles. The van der Waals surface area contributed by atoms with E-state index in [2.05, 4.69) is 55.3 Å². The quantitative estimate of drug-likeness (QED) is 0.883. The van der Waals surface area contributed by atoms with Crippen molar-refractivity contribution >= 4 is 11.8 Å². The molecule has 4 atom stereocenters. The summed E-state index contributed by atoms with van der Waals surface area (Å²) in [6.07, 6.45) is 5.55. The SMILES string of the molecule is CNC1CCC(C)CC1CC1CSc2ccccc21. The Morgan fingerprint density at radius 3 is 2.95 bits per heavy atom. The summed E-state index contributed by atoms with van der Waals surface area (Å²) in [5, 5.41) is 3.57. The van der Waals surface area contributed by atoms with E-state index >= 15 is 0 Å². The van der Waals surface area contributed by atoms with Crippen LogP contribution in [0.3, 0.4) is 0 Å². The molecule has 19 heavy (non-hydrogen) atoms. The molecule has 0 saturated heterocycles. The fourth-order valence-electron chi connectivity index (χ4n) is 3.93. The van der Waals surface area contributed by atoms with Gasteiger partial charge in [0.25, 0.3) is 0 Å². The second-order valence-electron chi connectivity index (χ2n) is 6.35. The van der Waals surface area contributed by atoms with Crippen LogP contribution in [0.5, 0.6) is 0 Å². The highest BCUT2D eigenvalue weighted by Gasteiger charge is 2.32. The van der Waals surface area contributed by atoms with Crippen LogP contribution in [0, 0.1) is 11.8 Å². The Balaban J connectivity index is 1.71. The summed E-state index contributed by atoms with van der Waals surface area (Å²) in [6.45, 7) is 2.43. The van der Waals surface area contributed by atoms with E-state index in [4.69, 9.17) is 0 Å². The van der Waals surface area contributed by atoms with Gasteiger partial charge in [-0.3, -0.25) is 0 Å². The molecule has 1 aliphatic carbocycles. The standard InChI is InChI=1S/C17H25NS/c1-12-7-8-16(18-2)13(9-12)10-14-11-19-17-6-4-3-5-15(14)17/h3-6,12-14,16,18H,7-11H2,1-2H3. The fourth-order valence-corrected chi connectivity index (χ4v) is 5.20.